The van der Waals surface area contributed by atoms with Crippen molar-refractivity contribution in [3.63, 3.8) is 0 Å². The van der Waals surface area contributed by atoms with Gasteiger partial charge in [0.1, 0.15) is 12.3 Å². The maximum absolute atomic E-state index is 12.8. The molecule has 1 atom stereocenters. The molecule has 2 aliphatic heterocycles. The maximum Gasteiger partial charge on any atom is 0.271 e. The molecule has 0 aromatic heterocycles. The minimum Gasteiger partial charge on any atom is -0.482 e. The van der Waals surface area contributed by atoms with Gasteiger partial charge in [-0.25, -0.2) is 0 Å². The topological polar surface area (TPSA) is 114 Å². The Kier molecular flexibility index (Phi) is 6.85. The highest BCUT2D eigenvalue weighted by molar-refractivity contribution is 6.02. The summed E-state index contributed by atoms with van der Waals surface area (Å²) in [6, 6.07) is 12.2. The smallest absolute Gasteiger partial charge is 0.271 e. The average Bonchev–Trinajstić information content (AvgIpc) is 2.82. The van der Waals surface area contributed by atoms with Crippen molar-refractivity contribution < 1.29 is 24.0 Å². The van der Waals surface area contributed by atoms with E-state index in [1.54, 1.807) is 0 Å². The van der Waals surface area contributed by atoms with Crippen molar-refractivity contribution in [3.8, 4) is 5.75 Å². The monoisotopic (exact) mass is 454 g/mol. The first-order valence-electron chi connectivity index (χ1n) is 10.8. The van der Waals surface area contributed by atoms with Crippen molar-refractivity contribution in [2.75, 3.05) is 50.9 Å². The van der Waals surface area contributed by atoms with Crippen LogP contribution in [-0.4, -0.2) is 67.6 Å². The third kappa shape index (κ3) is 5.29. The van der Waals surface area contributed by atoms with E-state index in [1.807, 2.05) is 19.1 Å². The minimum atomic E-state index is -0.549. The van der Waals surface area contributed by atoms with Gasteiger partial charge in [0, 0.05) is 31.8 Å². The molecule has 4 rings (SSSR count). The number of fused-ring (bicyclic) bond motifs is 1. The van der Waals surface area contributed by atoms with Crippen LogP contribution in [0.3, 0.4) is 0 Å². The molecule has 33 heavy (non-hydrogen) atoms. The Morgan fingerprint density at radius 3 is 2.61 bits per heavy atom. The van der Waals surface area contributed by atoms with E-state index in [1.165, 1.54) is 23.1 Å². The highest BCUT2D eigenvalue weighted by Gasteiger charge is 2.30. The van der Waals surface area contributed by atoms with Crippen molar-refractivity contribution >= 4 is 23.2 Å². The second-order valence-corrected chi connectivity index (χ2v) is 8.06. The van der Waals surface area contributed by atoms with Crippen LogP contribution in [0.15, 0.2) is 42.5 Å². The van der Waals surface area contributed by atoms with Crippen LogP contribution in [0.4, 0.5) is 11.4 Å². The Morgan fingerprint density at radius 2 is 1.91 bits per heavy atom. The lowest BCUT2D eigenvalue weighted by atomic mass is 10.0. The van der Waals surface area contributed by atoms with E-state index in [-0.39, 0.29) is 36.5 Å². The van der Waals surface area contributed by atoms with Gasteiger partial charge in [-0.05, 0) is 18.6 Å². The summed E-state index contributed by atoms with van der Waals surface area (Å²) in [5.41, 5.74) is 2.29. The van der Waals surface area contributed by atoms with Crippen LogP contribution in [0.25, 0.3) is 0 Å². The van der Waals surface area contributed by atoms with Crippen LogP contribution in [0.1, 0.15) is 17.2 Å². The lowest BCUT2D eigenvalue weighted by Crippen LogP contribution is -2.48. The number of anilines is 1. The summed E-state index contributed by atoms with van der Waals surface area (Å²) in [5, 5.41) is 14.1. The number of hydrogen-bond donors (Lipinski definition) is 1. The third-order valence-electron chi connectivity index (χ3n) is 5.84. The fraction of sp³-hybridized carbons (Fsp3) is 0.391. The number of carbonyl (C=O) groups excluding carboxylic acids is 2. The number of nitro benzene ring substituents is 1. The molecule has 10 nitrogen and oxygen atoms in total. The van der Waals surface area contributed by atoms with Crippen LogP contribution >= 0.6 is 0 Å². The average molecular weight is 454 g/mol. The molecule has 1 N–H and O–H groups in total. The maximum atomic E-state index is 12.8. The summed E-state index contributed by atoms with van der Waals surface area (Å²) in [6.07, 6.45) is 0. The minimum absolute atomic E-state index is 0.0350. The molecule has 10 heteroatoms. The molecule has 2 heterocycles. The molecular weight excluding hydrogens is 428 g/mol. The first-order chi connectivity index (χ1) is 15.9. The van der Waals surface area contributed by atoms with E-state index >= 15 is 0 Å². The van der Waals surface area contributed by atoms with Gasteiger partial charge in [-0.15, -0.1) is 0 Å². The molecule has 1 saturated heterocycles. The number of non-ortho nitro benzene ring substituents is 1. The number of nitrogens with zero attached hydrogens (tertiary/aromatic N) is 3. The second-order valence-electron chi connectivity index (χ2n) is 8.06. The van der Waals surface area contributed by atoms with Crippen molar-refractivity contribution in [2.24, 2.45) is 0 Å². The predicted molar refractivity (Wildman–Crippen MR) is 120 cm³/mol. The zero-order chi connectivity index (χ0) is 23.4. The summed E-state index contributed by atoms with van der Waals surface area (Å²) < 4.78 is 10.8. The first kappa shape index (κ1) is 22.7. The van der Waals surface area contributed by atoms with Crippen LogP contribution in [-0.2, 0) is 14.3 Å². The summed E-state index contributed by atoms with van der Waals surface area (Å²) in [6.45, 7) is 4.69. The molecule has 0 aliphatic carbocycles. The summed E-state index contributed by atoms with van der Waals surface area (Å²) in [5.74, 6) is -0.451. The number of hydrogen-bond acceptors (Lipinski definition) is 7. The van der Waals surface area contributed by atoms with Gasteiger partial charge in [0.25, 0.3) is 11.6 Å². The number of carbonyl (C=O) groups is 2. The standard InChI is InChI=1S/C23H26N4O6/c1-16-2-4-17(5-3-16)20(25-8-10-32-11-9-25)13-24-22(28)14-26-19-12-18(27(30)31)6-7-21(19)33-15-23(26)29/h2-7,12,20H,8-11,13-15H2,1H3,(H,24,28). The van der Waals surface area contributed by atoms with Crippen molar-refractivity contribution in [1.29, 1.82) is 0 Å². The SMILES string of the molecule is Cc1ccc(C(CNC(=O)CN2C(=O)COc3ccc([N+](=O)[O-])cc32)N2CCOCC2)cc1. The summed E-state index contributed by atoms with van der Waals surface area (Å²) in [7, 11) is 0. The van der Waals surface area contributed by atoms with Gasteiger partial charge >= 0.3 is 0 Å². The fourth-order valence-corrected chi connectivity index (χ4v) is 4.02. The normalized spacial score (nSPS) is 17.1. The number of aryl methyl sites for hydroxylation is 1. The molecule has 1 fully saturated rings. The van der Waals surface area contributed by atoms with Crippen LogP contribution in [0.2, 0.25) is 0 Å². The lowest BCUT2D eigenvalue weighted by molar-refractivity contribution is -0.384. The molecule has 174 valence electrons. The number of benzene rings is 2. The fourth-order valence-electron chi connectivity index (χ4n) is 4.02. The highest BCUT2D eigenvalue weighted by atomic mass is 16.6. The van der Waals surface area contributed by atoms with Crippen LogP contribution in [0, 0.1) is 17.0 Å². The van der Waals surface area contributed by atoms with Gasteiger partial charge in [-0.1, -0.05) is 29.8 Å². The van der Waals surface area contributed by atoms with E-state index in [9.17, 15) is 19.7 Å². The van der Waals surface area contributed by atoms with Gasteiger partial charge < -0.3 is 14.8 Å². The summed E-state index contributed by atoms with van der Waals surface area (Å²) in [4.78, 5) is 39.4. The zero-order valence-electron chi connectivity index (χ0n) is 18.4. The Hall–Kier alpha value is -3.50. The van der Waals surface area contributed by atoms with Crippen LogP contribution in [0.5, 0.6) is 5.75 Å². The molecule has 2 amide bonds. The van der Waals surface area contributed by atoms with E-state index < -0.39 is 10.8 Å². The lowest BCUT2D eigenvalue weighted by Gasteiger charge is -2.35. The van der Waals surface area contributed by atoms with Gasteiger partial charge in [0.2, 0.25) is 5.91 Å². The van der Waals surface area contributed by atoms with Gasteiger partial charge in [0.05, 0.1) is 29.9 Å². The molecule has 2 aliphatic rings. The molecular formula is C23H26N4O6. The van der Waals surface area contributed by atoms with E-state index in [2.05, 4.69) is 22.3 Å². The van der Waals surface area contributed by atoms with E-state index in [0.717, 1.165) is 24.2 Å². The summed E-state index contributed by atoms with van der Waals surface area (Å²) >= 11 is 0. The van der Waals surface area contributed by atoms with E-state index in [4.69, 9.17) is 9.47 Å². The Morgan fingerprint density at radius 1 is 1.18 bits per heavy atom. The molecule has 0 saturated carbocycles. The van der Waals surface area contributed by atoms with Crippen LogP contribution < -0.4 is 15.0 Å². The first-order valence-corrected chi connectivity index (χ1v) is 10.8. The second kappa shape index (κ2) is 9.97. The number of nitro groups is 1. The number of morpholine rings is 1. The Labute approximate surface area is 191 Å². The van der Waals surface area contributed by atoms with Gasteiger partial charge in [-0.2, -0.15) is 0 Å². The van der Waals surface area contributed by atoms with Gasteiger partial charge in [0.15, 0.2) is 6.61 Å². The number of rotatable bonds is 7. The molecule has 2 aromatic rings. The number of nitrogens with one attached hydrogen (secondary N) is 1. The van der Waals surface area contributed by atoms with Crippen molar-refractivity contribution in [2.45, 2.75) is 13.0 Å². The molecule has 2 aromatic carbocycles. The quantitative estimate of drug-likeness (QED) is 0.501. The molecule has 0 radical (unpaired) electrons. The van der Waals surface area contributed by atoms with Gasteiger partial charge in [-0.3, -0.25) is 29.5 Å². The predicted octanol–water partition coefficient (Wildman–Crippen LogP) is 1.82. The molecule has 0 spiro atoms. The number of ether oxygens (including phenoxy) is 2. The van der Waals surface area contributed by atoms with Crippen molar-refractivity contribution in [3.05, 3.63) is 63.7 Å². The Bertz CT molecular complexity index is 1040. The number of amides is 2. The zero-order valence-corrected chi connectivity index (χ0v) is 18.4. The molecule has 0 bridgehead atoms. The largest absolute Gasteiger partial charge is 0.482 e. The third-order valence-corrected chi connectivity index (χ3v) is 5.84. The van der Waals surface area contributed by atoms with Crippen molar-refractivity contribution in [1.82, 2.24) is 10.2 Å². The highest BCUT2D eigenvalue weighted by Crippen LogP contribution is 2.35. The molecule has 1 unspecified atom stereocenters. The Balaban J connectivity index is 1.47. The van der Waals surface area contributed by atoms with E-state index in [0.29, 0.717) is 25.5 Å².